The summed E-state index contributed by atoms with van der Waals surface area (Å²) < 4.78 is 19.3. The lowest BCUT2D eigenvalue weighted by Crippen LogP contribution is -2.42. The van der Waals surface area contributed by atoms with E-state index in [9.17, 15) is 9.18 Å². The number of carbonyl (C=O) groups is 1. The van der Waals surface area contributed by atoms with Crippen LogP contribution in [0.15, 0.2) is 46.0 Å². The molecule has 3 rings (SSSR count). The van der Waals surface area contributed by atoms with Crippen LogP contribution in [-0.2, 0) is 0 Å². The first-order valence-corrected chi connectivity index (χ1v) is 10.9. The fraction of sp³-hybridized carbons (Fsp3) is 0.478. The molecule has 8 heteroatoms. The highest BCUT2D eigenvalue weighted by molar-refractivity contribution is 5.94. The molecular weight excluding hydrogens is 397 g/mol. The number of hydrogen-bond donors (Lipinski definition) is 3. The van der Waals surface area contributed by atoms with Crippen molar-refractivity contribution < 1.29 is 13.6 Å². The van der Waals surface area contributed by atoms with Gasteiger partial charge in [0, 0.05) is 25.2 Å². The molecule has 2 heterocycles. The molecule has 0 saturated carbocycles. The van der Waals surface area contributed by atoms with Crippen LogP contribution in [0.5, 0.6) is 0 Å². The van der Waals surface area contributed by atoms with Gasteiger partial charge in [-0.25, -0.2) is 4.39 Å². The molecule has 2 aromatic rings. The van der Waals surface area contributed by atoms with Crippen LogP contribution in [-0.4, -0.2) is 56.0 Å². The maximum absolute atomic E-state index is 13.7. The molecule has 0 aliphatic carbocycles. The Morgan fingerprint density at radius 3 is 2.65 bits per heavy atom. The monoisotopic (exact) mass is 429 g/mol. The van der Waals surface area contributed by atoms with Crippen LogP contribution in [0.1, 0.15) is 47.5 Å². The van der Waals surface area contributed by atoms with Crippen LogP contribution in [0.2, 0.25) is 0 Å². The lowest BCUT2D eigenvalue weighted by atomic mass is 10.1. The number of guanidine groups is 1. The number of amides is 1. The van der Waals surface area contributed by atoms with Crippen molar-refractivity contribution in [1.29, 1.82) is 0 Å². The maximum Gasteiger partial charge on any atom is 0.251 e. The van der Waals surface area contributed by atoms with Crippen LogP contribution in [0.25, 0.3) is 0 Å². The first-order chi connectivity index (χ1) is 15.1. The van der Waals surface area contributed by atoms with Gasteiger partial charge in [0.2, 0.25) is 0 Å². The average Bonchev–Trinajstić information content (AvgIpc) is 3.48. The molecule has 0 radical (unpaired) electrons. The second-order valence-corrected chi connectivity index (χ2v) is 7.64. The standard InChI is InChI=1S/C23H32FN5O2/c1-3-25-23(27-11-10-26-22(30)18-9-8-17(2)19(24)15-18)28-16-20(21-7-6-14-31-21)29-12-4-5-13-29/h6-9,14-15,20H,3-5,10-13,16H2,1-2H3,(H,26,30)(H2,25,27,28). The molecule has 1 aliphatic rings. The molecule has 168 valence electrons. The van der Waals surface area contributed by atoms with E-state index < -0.39 is 0 Å². The fourth-order valence-electron chi connectivity index (χ4n) is 3.63. The molecule has 31 heavy (non-hydrogen) atoms. The van der Waals surface area contributed by atoms with Crippen LogP contribution < -0.4 is 16.0 Å². The third kappa shape index (κ3) is 6.55. The fourth-order valence-corrected chi connectivity index (χ4v) is 3.63. The normalized spacial score (nSPS) is 15.6. The topological polar surface area (TPSA) is 81.9 Å². The summed E-state index contributed by atoms with van der Waals surface area (Å²) in [5.41, 5.74) is 0.835. The molecule has 1 saturated heterocycles. The minimum absolute atomic E-state index is 0.115. The van der Waals surface area contributed by atoms with Crippen molar-refractivity contribution in [3.05, 3.63) is 59.3 Å². The second kappa shape index (κ2) is 11.5. The maximum atomic E-state index is 13.7. The Morgan fingerprint density at radius 2 is 1.97 bits per heavy atom. The smallest absolute Gasteiger partial charge is 0.251 e. The molecule has 0 bridgehead atoms. The molecule has 1 aromatic carbocycles. The largest absolute Gasteiger partial charge is 0.468 e. The predicted octanol–water partition coefficient (Wildman–Crippen LogP) is 2.85. The number of furan rings is 1. The Labute approximate surface area is 183 Å². The molecule has 1 unspecified atom stereocenters. The number of halogens is 1. The number of aliphatic imine (C=N–C) groups is 1. The zero-order valence-electron chi connectivity index (χ0n) is 18.3. The minimum atomic E-state index is -0.378. The van der Waals surface area contributed by atoms with Crippen LogP contribution in [0.4, 0.5) is 4.39 Å². The van der Waals surface area contributed by atoms with Gasteiger partial charge in [0.1, 0.15) is 11.6 Å². The van der Waals surface area contributed by atoms with Crippen molar-refractivity contribution in [1.82, 2.24) is 20.9 Å². The highest BCUT2D eigenvalue weighted by Gasteiger charge is 2.25. The summed E-state index contributed by atoms with van der Waals surface area (Å²) >= 11 is 0. The van der Waals surface area contributed by atoms with Gasteiger partial charge in [-0.1, -0.05) is 6.07 Å². The summed E-state index contributed by atoms with van der Waals surface area (Å²) in [5.74, 6) is 0.944. The Bertz CT molecular complexity index is 863. The quantitative estimate of drug-likeness (QED) is 0.324. The van der Waals surface area contributed by atoms with Gasteiger partial charge in [-0.3, -0.25) is 14.7 Å². The third-order valence-electron chi connectivity index (χ3n) is 5.36. The van der Waals surface area contributed by atoms with Gasteiger partial charge in [0.25, 0.3) is 5.91 Å². The van der Waals surface area contributed by atoms with Crippen molar-refractivity contribution >= 4 is 11.9 Å². The zero-order chi connectivity index (χ0) is 22.1. The van der Waals surface area contributed by atoms with Gasteiger partial charge in [-0.15, -0.1) is 0 Å². The van der Waals surface area contributed by atoms with Crippen molar-refractivity contribution in [3.8, 4) is 0 Å². The molecule has 1 fully saturated rings. The van der Waals surface area contributed by atoms with Crippen molar-refractivity contribution in [2.45, 2.75) is 32.7 Å². The predicted molar refractivity (Wildman–Crippen MR) is 120 cm³/mol. The van der Waals surface area contributed by atoms with Crippen LogP contribution in [0.3, 0.4) is 0 Å². The molecule has 1 atom stereocenters. The Balaban J connectivity index is 1.51. The van der Waals surface area contributed by atoms with Gasteiger partial charge in [-0.2, -0.15) is 0 Å². The Kier molecular flexibility index (Phi) is 8.46. The van der Waals surface area contributed by atoms with Crippen molar-refractivity contribution in [2.24, 2.45) is 4.99 Å². The summed E-state index contributed by atoms with van der Waals surface area (Å²) in [7, 11) is 0. The lowest BCUT2D eigenvalue weighted by Gasteiger charge is -2.24. The van der Waals surface area contributed by atoms with E-state index in [4.69, 9.17) is 9.41 Å². The van der Waals surface area contributed by atoms with E-state index in [-0.39, 0.29) is 17.8 Å². The van der Waals surface area contributed by atoms with Gasteiger partial charge >= 0.3 is 0 Å². The summed E-state index contributed by atoms with van der Waals surface area (Å²) in [4.78, 5) is 19.4. The van der Waals surface area contributed by atoms with E-state index in [2.05, 4.69) is 20.9 Å². The molecule has 0 spiro atoms. The Morgan fingerprint density at radius 1 is 1.19 bits per heavy atom. The van der Waals surface area contributed by atoms with E-state index in [1.807, 2.05) is 19.1 Å². The number of nitrogens with one attached hydrogen (secondary N) is 3. The number of aryl methyl sites for hydroxylation is 1. The first-order valence-electron chi connectivity index (χ1n) is 10.9. The number of carbonyl (C=O) groups excluding carboxylic acids is 1. The number of nitrogens with zero attached hydrogens (tertiary/aromatic N) is 2. The molecular formula is C23H32FN5O2. The summed E-state index contributed by atoms with van der Waals surface area (Å²) in [6.07, 6.45) is 4.10. The SMILES string of the molecule is CCNC(=NCC(c1ccco1)N1CCCC1)NCCNC(=O)c1ccc(C)c(F)c1. The number of likely N-dealkylation sites (tertiary alicyclic amines) is 1. The molecule has 1 aliphatic heterocycles. The lowest BCUT2D eigenvalue weighted by molar-refractivity contribution is 0.0954. The number of hydrogen-bond acceptors (Lipinski definition) is 4. The van der Waals surface area contributed by atoms with Crippen molar-refractivity contribution in [3.63, 3.8) is 0 Å². The second-order valence-electron chi connectivity index (χ2n) is 7.64. The first kappa shape index (κ1) is 22.8. The highest BCUT2D eigenvalue weighted by atomic mass is 19.1. The Hall–Kier alpha value is -2.87. The van der Waals surface area contributed by atoms with E-state index in [1.54, 1.807) is 25.3 Å². The van der Waals surface area contributed by atoms with E-state index >= 15 is 0 Å². The van der Waals surface area contributed by atoms with Gasteiger partial charge in [0.15, 0.2) is 5.96 Å². The molecule has 7 nitrogen and oxygen atoms in total. The number of benzene rings is 1. The summed E-state index contributed by atoms with van der Waals surface area (Å²) in [6.45, 7) is 7.99. The molecule has 1 aromatic heterocycles. The van der Waals surface area contributed by atoms with E-state index in [0.29, 0.717) is 36.7 Å². The van der Waals surface area contributed by atoms with E-state index in [0.717, 1.165) is 25.4 Å². The number of rotatable bonds is 9. The minimum Gasteiger partial charge on any atom is -0.468 e. The van der Waals surface area contributed by atoms with Gasteiger partial charge < -0.3 is 20.4 Å². The third-order valence-corrected chi connectivity index (χ3v) is 5.36. The van der Waals surface area contributed by atoms with Crippen LogP contribution >= 0.6 is 0 Å². The highest BCUT2D eigenvalue weighted by Crippen LogP contribution is 2.25. The summed E-state index contributed by atoms with van der Waals surface area (Å²) in [6, 6.07) is 8.52. The molecule has 1 amide bonds. The zero-order valence-corrected chi connectivity index (χ0v) is 18.3. The van der Waals surface area contributed by atoms with E-state index in [1.165, 1.54) is 18.9 Å². The molecule has 3 N–H and O–H groups in total. The summed E-state index contributed by atoms with van der Waals surface area (Å²) in [5, 5.41) is 9.28. The average molecular weight is 430 g/mol. The van der Waals surface area contributed by atoms with Gasteiger partial charge in [-0.05, 0) is 69.6 Å². The van der Waals surface area contributed by atoms with Crippen molar-refractivity contribution in [2.75, 3.05) is 39.3 Å². The van der Waals surface area contributed by atoms with Crippen LogP contribution in [0, 0.1) is 12.7 Å². The van der Waals surface area contributed by atoms with Gasteiger partial charge in [0.05, 0.1) is 18.8 Å².